The molecular formula is C15H11BrClF3O. The molecule has 1 nitrogen and oxygen atoms in total. The Balaban J connectivity index is 2.36. The molecule has 2 aromatic carbocycles. The third-order valence-corrected chi connectivity index (χ3v) is 4.19. The summed E-state index contributed by atoms with van der Waals surface area (Å²) in [6.45, 7) is 0. The fourth-order valence-electron chi connectivity index (χ4n) is 1.88. The summed E-state index contributed by atoms with van der Waals surface area (Å²) in [6, 6.07) is 10.9. The van der Waals surface area contributed by atoms with Crippen LogP contribution in [0.15, 0.2) is 46.9 Å². The first-order chi connectivity index (χ1) is 9.82. The molecule has 0 aliphatic rings. The molecule has 1 unspecified atom stereocenters. The van der Waals surface area contributed by atoms with Crippen LogP contribution in [-0.4, -0.2) is 7.11 Å². The summed E-state index contributed by atoms with van der Waals surface area (Å²) >= 11 is 9.19. The summed E-state index contributed by atoms with van der Waals surface area (Å²) in [7, 11) is 1.54. The highest BCUT2D eigenvalue weighted by Crippen LogP contribution is 2.38. The van der Waals surface area contributed by atoms with E-state index < -0.39 is 17.1 Å². The molecule has 0 N–H and O–H groups in total. The van der Waals surface area contributed by atoms with Gasteiger partial charge in [0.2, 0.25) is 0 Å². The van der Waals surface area contributed by atoms with E-state index in [2.05, 4.69) is 15.9 Å². The van der Waals surface area contributed by atoms with Crippen molar-refractivity contribution in [3.05, 3.63) is 63.6 Å². The van der Waals surface area contributed by atoms with E-state index in [0.29, 0.717) is 16.9 Å². The molecule has 21 heavy (non-hydrogen) atoms. The molecule has 0 spiro atoms. The summed E-state index contributed by atoms with van der Waals surface area (Å²) in [5.41, 5.74) is 0.351. The number of alkyl halides is 4. The van der Waals surface area contributed by atoms with Crippen LogP contribution < -0.4 is 4.74 Å². The Morgan fingerprint density at radius 3 is 2.14 bits per heavy atom. The van der Waals surface area contributed by atoms with E-state index in [1.807, 2.05) is 0 Å². The molecule has 6 heteroatoms. The lowest BCUT2D eigenvalue weighted by Crippen LogP contribution is -2.07. The minimum Gasteiger partial charge on any atom is -0.497 e. The lowest BCUT2D eigenvalue weighted by atomic mass is 10.0. The first-order valence-corrected chi connectivity index (χ1v) is 7.20. The van der Waals surface area contributed by atoms with Crippen molar-refractivity contribution in [3.63, 3.8) is 0 Å². The number of benzene rings is 2. The number of halogens is 5. The van der Waals surface area contributed by atoms with Crippen molar-refractivity contribution < 1.29 is 17.9 Å². The van der Waals surface area contributed by atoms with E-state index in [9.17, 15) is 13.2 Å². The van der Waals surface area contributed by atoms with Gasteiger partial charge in [0.05, 0.1) is 18.1 Å². The molecule has 0 bridgehead atoms. The first kappa shape index (κ1) is 16.2. The Bertz CT molecular complexity index is 626. The maximum atomic E-state index is 12.9. The van der Waals surface area contributed by atoms with Crippen LogP contribution in [0, 0.1) is 0 Å². The minimum atomic E-state index is -4.43. The minimum absolute atomic E-state index is 0.00246. The summed E-state index contributed by atoms with van der Waals surface area (Å²) in [5, 5.41) is -0.662. The largest absolute Gasteiger partial charge is 0.497 e. The van der Waals surface area contributed by atoms with Crippen LogP contribution in [0.4, 0.5) is 13.2 Å². The molecule has 112 valence electrons. The average Bonchev–Trinajstić information content (AvgIpc) is 2.46. The maximum Gasteiger partial charge on any atom is 0.417 e. The lowest BCUT2D eigenvalue weighted by Gasteiger charge is -2.15. The Hall–Kier alpha value is -1.20. The second kappa shape index (κ2) is 6.28. The summed E-state index contributed by atoms with van der Waals surface area (Å²) in [4.78, 5) is 0. The summed E-state index contributed by atoms with van der Waals surface area (Å²) < 4.78 is 43.7. The molecule has 2 aromatic rings. The zero-order valence-electron chi connectivity index (χ0n) is 10.9. The fraction of sp³-hybridized carbons (Fsp3) is 0.200. The third kappa shape index (κ3) is 3.71. The van der Waals surface area contributed by atoms with Crippen LogP contribution in [0.25, 0.3) is 0 Å². The van der Waals surface area contributed by atoms with Gasteiger partial charge in [-0.2, -0.15) is 13.2 Å². The zero-order chi connectivity index (χ0) is 15.6. The van der Waals surface area contributed by atoms with Gasteiger partial charge in [0.25, 0.3) is 0 Å². The van der Waals surface area contributed by atoms with Gasteiger partial charge in [-0.05, 0) is 35.4 Å². The van der Waals surface area contributed by atoms with Crippen molar-refractivity contribution in [2.24, 2.45) is 0 Å². The second-order valence-corrected chi connectivity index (χ2v) is 5.66. The first-order valence-electron chi connectivity index (χ1n) is 5.97. The lowest BCUT2D eigenvalue weighted by molar-refractivity contribution is -0.138. The van der Waals surface area contributed by atoms with Gasteiger partial charge in [0.15, 0.2) is 0 Å². The van der Waals surface area contributed by atoms with E-state index in [-0.39, 0.29) is 4.47 Å². The molecule has 0 aliphatic carbocycles. The Morgan fingerprint density at radius 2 is 1.62 bits per heavy atom. The molecule has 0 saturated carbocycles. The molecule has 0 fully saturated rings. The van der Waals surface area contributed by atoms with E-state index in [1.54, 1.807) is 30.3 Å². The molecule has 0 amide bonds. The van der Waals surface area contributed by atoms with Gasteiger partial charge in [-0.15, -0.1) is 11.6 Å². The monoisotopic (exact) mass is 378 g/mol. The average molecular weight is 380 g/mol. The SMILES string of the molecule is COc1ccc(C(Cl)c2ccc(Br)c(C(F)(F)F)c2)cc1. The molecular weight excluding hydrogens is 369 g/mol. The van der Waals surface area contributed by atoms with E-state index in [4.69, 9.17) is 16.3 Å². The highest BCUT2D eigenvalue weighted by atomic mass is 79.9. The summed E-state index contributed by atoms with van der Waals surface area (Å²) in [5.74, 6) is 0.661. The van der Waals surface area contributed by atoms with Crippen molar-refractivity contribution in [3.8, 4) is 5.75 Å². The van der Waals surface area contributed by atoms with Crippen LogP contribution in [0.3, 0.4) is 0 Å². The smallest absolute Gasteiger partial charge is 0.417 e. The van der Waals surface area contributed by atoms with Gasteiger partial charge in [-0.3, -0.25) is 0 Å². The van der Waals surface area contributed by atoms with Crippen LogP contribution in [-0.2, 0) is 6.18 Å². The standard InChI is InChI=1S/C15H11BrClF3O/c1-21-11-5-2-9(3-6-11)14(17)10-4-7-13(16)12(8-10)15(18,19)20/h2-8,14H,1H3. The Kier molecular flexibility index (Phi) is 4.84. The van der Waals surface area contributed by atoms with Gasteiger partial charge >= 0.3 is 6.18 Å². The highest BCUT2D eigenvalue weighted by Gasteiger charge is 2.33. The quantitative estimate of drug-likeness (QED) is 0.612. The normalized spacial score (nSPS) is 13.0. The molecule has 0 aromatic heterocycles. The highest BCUT2D eigenvalue weighted by molar-refractivity contribution is 9.10. The number of hydrogen-bond donors (Lipinski definition) is 0. The molecule has 2 rings (SSSR count). The number of rotatable bonds is 3. The molecule has 0 heterocycles. The van der Waals surface area contributed by atoms with Gasteiger partial charge in [-0.1, -0.05) is 34.1 Å². The molecule has 0 saturated heterocycles. The van der Waals surface area contributed by atoms with E-state index >= 15 is 0 Å². The second-order valence-electron chi connectivity index (χ2n) is 4.37. The maximum absolute atomic E-state index is 12.9. The van der Waals surface area contributed by atoms with Crippen molar-refractivity contribution >= 4 is 27.5 Å². The van der Waals surface area contributed by atoms with Crippen LogP contribution in [0.5, 0.6) is 5.75 Å². The van der Waals surface area contributed by atoms with Crippen molar-refractivity contribution in [2.45, 2.75) is 11.6 Å². The van der Waals surface area contributed by atoms with Crippen molar-refractivity contribution in [2.75, 3.05) is 7.11 Å². The van der Waals surface area contributed by atoms with Gasteiger partial charge in [0, 0.05) is 4.47 Å². The predicted octanol–water partition coefficient (Wildman–Crippen LogP) is 5.80. The number of ether oxygens (including phenoxy) is 1. The molecule has 0 aliphatic heterocycles. The van der Waals surface area contributed by atoms with Crippen LogP contribution in [0.1, 0.15) is 22.1 Å². The Morgan fingerprint density at radius 1 is 1.05 bits per heavy atom. The van der Waals surface area contributed by atoms with Gasteiger partial charge in [-0.25, -0.2) is 0 Å². The van der Waals surface area contributed by atoms with Crippen LogP contribution in [0.2, 0.25) is 0 Å². The third-order valence-electron chi connectivity index (χ3n) is 3.00. The Labute approximate surface area is 133 Å². The van der Waals surface area contributed by atoms with Gasteiger partial charge in [0.1, 0.15) is 5.75 Å². The van der Waals surface area contributed by atoms with E-state index in [1.165, 1.54) is 13.2 Å². The summed E-state index contributed by atoms with van der Waals surface area (Å²) in [6.07, 6.45) is -4.43. The van der Waals surface area contributed by atoms with Crippen LogP contribution >= 0.6 is 27.5 Å². The predicted molar refractivity (Wildman–Crippen MR) is 79.8 cm³/mol. The molecule has 1 atom stereocenters. The van der Waals surface area contributed by atoms with Crippen molar-refractivity contribution in [1.29, 1.82) is 0 Å². The van der Waals surface area contributed by atoms with Gasteiger partial charge < -0.3 is 4.74 Å². The number of methoxy groups -OCH3 is 1. The fourth-order valence-corrected chi connectivity index (χ4v) is 2.64. The number of hydrogen-bond acceptors (Lipinski definition) is 1. The van der Waals surface area contributed by atoms with Crippen molar-refractivity contribution in [1.82, 2.24) is 0 Å². The topological polar surface area (TPSA) is 9.23 Å². The molecule has 0 radical (unpaired) electrons. The zero-order valence-corrected chi connectivity index (χ0v) is 13.3. The van der Waals surface area contributed by atoms with E-state index in [0.717, 1.165) is 6.07 Å².